The van der Waals surface area contributed by atoms with Gasteiger partial charge < -0.3 is 14.8 Å². The molecule has 0 aliphatic carbocycles. The molecule has 4 aromatic carbocycles. The maximum absolute atomic E-state index is 12.9. The first kappa shape index (κ1) is 29.3. The van der Waals surface area contributed by atoms with Crippen molar-refractivity contribution in [1.29, 1.82) is 0 Å². The van der Waals surface area contributed by atoms with Gasteiger partial charge in [-0.1, -0.05) is 53.0 Å². The Morgan fingerprint density at radius 1 is 0.854 bits per heavy atom. The first-order chi connectivity index (χ1) is 19.7. The molecular weight excluding hydrogens is 565 g/mol. The van der Waals surface area contributed by atoms with E-state index < -0.39 is 11.9 Å². The number of halogens is 2. The summed E-state index contributed by atoms with van der Waals surface area (Å²) >= 11 is 12.0. The zero-order chi connectivity index (χ0) is 29.4. The summed E-state index contributed by atoms with van der Waals surface area (Å²) in [6.45, 7) is 4.04. The Hall–Kier alpha value is -4.66. The van der Waals surface area contributed by atoms with E-state index in [2.05, 4.69) is 15.8 Å². The van der Waals surface area contributed by atoms with Crippen molar-refractivity contribution in [1.82, 2.24) is 5.43 Å². The van der Waals surface area contributed by atoms with Gasteiger partial charge in [0.05, 0.1) is 34.7 Å². The summed E-state index contributed by atoms with van der Waals surface area (Å²) in [4.78, 5) is 38.2. The van der Waals surface area contributed by atoms with Crippen molar-refractivity contribution >= 4 is 52.9 Å². The summed E-state index contributed by atoms with van der Waals surface area (Å²) in [5.41, 5.74) is 5.28. The van der Waals surface area contributed by atoms with Crippen LogP contribution in [0.15, 0.2) is 90.0 Å². The average Bonchev–Trinajstić information content (AvgIpc) is 2.95. The molecule has 4 aromatic rings. The Morgan fingerprint density at radius 2 is 1.61 bits per heavy atom. The minimum Gasteiger partial charge on any atom is -0.490 e. The lowest BCUT2D eigenvalue weighted by atomic mass is 10.1. The van der Waals surface area contributed by atoms with Gasteiger partial charge in [0, 0.05) is 10.6 Å². The van der Waals surface area contributed by atoms with E-state index in [4.69, 9.17) is 32.7 Å². The largest absolute Gasteiger partial charge is 0.490 e. The SMILES string of the molecule is CCOc1cc(/C=N\NC(=O)c2ccccc2NC(=O)c2ccc(C)cc2)ccc1OC(=O)c1ccc(Cl)cc1Cl. The molecule has 4 rings (SSSR count). The van der Waals surface area contributed by atoms with Crippen LogP contribution in [0.3, 0.4) is 0 Å². The van der Waals surface area contributed by atoms with Crippen molar-refractivity contribution in [2.24, 2.45) is 5.10 Å². The van der Waals surface area contributed by atoms with Crippen molar-refractivity contribution in [2.45, 2.75) is 13.8 Å². The van der Waals surface area contributed by atoms with Gasteiger partial charge in [-0.2, -0.15) is 5.10 Å². The standard InChI is InChI=1S/C31H25Cl2N3O5/c1-3-40-28-16-20(10-15-27(28)41-31(39)23-14-13-22(32)17-25(23)33)18-34-36-30(38)24-6-4-5-7-26(24)35-29(37)21-11-8-19(2)9-12-21/h4-18H,3H2,1-2H3,(H,35,37)(H,36,38)/b34-18-. The zero-order valence-corrected chi connectivity index (χ0v) is 23.6. The second-order valence-corrected chi connectivity index (χ2v) is 9.56. The van der Waals surface area contributed by atoms with E-state index in [1.807, 2.05) is 19.1 Å². The number of carbonyl (C=O) groups is 3. The van der Waals surface area contributed by atoms with Gasteiger partial charge in [0.1, 0.15) is 0 Å². The third-order valence-electron chi connectivity index (χ3n) is 5.73. The van der Waals surface area contributed by atoms with Crippen LogP contribution in [0, 0.1) is 6.92 Å². The van der Waals surface area contributed by atoms with Crippen LogP contribution in [0.25, 0.3) is 0 Å². The van der Waals surface area contributed by atoms with Gasteiger partial charge in [0.25, 0.3) is 11.8 Å². The van der Waals surface area contributed by atoms with E-state index in [0.717, 1.165) is 5.56 Å². The predicted octanol–water partition coefficient (Wildman–Crippen LogP) is 6.94. The summed E-state index contributed by atoms with van der Waals surface area (Å²) in [6, 6.07) is 23.0. The fourth-order valence-corrected chi connectivity index (χ4v) is 4.17. The van der Waals surface area contributed by atoms with E-state index in [9.17, 15) is 14.4 Å². The van der Waals surface area contributed by atoms with Crippen LogP contribution in [0.1, 0.15) is 49.1 Å². The van der Waals surface area contributed by atoms with Gasteiger partial charge in [-0.15, -0.1) is 0 Å². The van der Waals surface area contributed by atoms with Crippen LogP contribution >= 0.6 is 23.2 Å². The molecule has 0 unspecified atom stereocenters. The van der Waals surface area contributed by atoms with Gasteiger partial charge in [0.15, 0.2) is 11.5 Å². The van der Waals surface area contributed by atoms with Crippen LogP contribution < -0.4 is 20.2 Å². The van der Waals surface area contributed by atoms with Crippen LogP contribution in [-0.2, 0) is 0 Å². The van der Waals surface area contributed by atoms with Gasteiger partial charge in [-0.05, 0) is 80.1 Å². The number of ether oxygens (including phenoxy) is 2. The maximum atomic E-state index is 12.9. The molecule has 0 heterocycles. The van der Waals surface area contributed by atoms with Crippen LogP contribution in [0.2, 0.25) is 10.0 Å². The Labute approximate surface area is 246 Å². The highest BCUT2D eigenvalue weighted by Gasteiger charge is 2.17. The number of nitrogens with zero attached hydrogens (tertiary/aromatic N) is 1. The van der Waals surface area contributed by atoms with Gasteiger partial charge in [-0.3, -0.25) is 9.59 Å². The fourth-order valence-electron chi connectivity index (χ4n) is 3.68. The van der Waals surface area contributed by atoms with Gasteiger partial charge >= 0.3 is 5.97 Å². The summed E-state index contributed by atoms with van der Waals surface area (Å²) in [7, 11) is 0. The van der Waals surface area contributed by atoms with Crippen molar-refractivity contribution in [3.8, 4) is 11.5 Å². The first-order valence-electron chi connectivity index (χ1n) is 12.5. The number of hydrogen-bond acceptors (Lipinski definition) is 6. The lowest BCUT2D eigenvalue weighted by Gasteiger charge is -2.12. The maximum Gasteiger partial charge on any atom is 0.345 e. The monoisotopic (exact) mass is 589 g/mol. The molecular formula is C31H25Cl2N3O5. The van der Waals surface area contributed by atoms with E-state index in [0.29, 0.717) is 34.2 Å². The van der Waals surface area contributed by atoms with E-state index >= 15 is 0 Å². The molecule has 2 amide bonds. The highest BCUT2D eigenvalue weighted by Crippen LogP contribution is 2.30. The van der Waals surface area contributed by atoms with Crippen molar-refractivity contribution < 1.29 is 23.9 Å². The first-order valence-corrected chi connectivity index (χ1v) is 13.2. The molecule has 208 valence electrons. The number of nitrogens with one attached hydrogen (secondary N) is 2. The number of aryl methyl sites for hydroxylation is 1. The van der Waals surface area contributed by atoms with Crippen molar-refractivity contribution in [3.05, 3.63) is 123 Å². The molecule has 10 heteroatoms. The predicted molar refractivity (Wildman–Crippen MR) is 160 cm³/mol. The molecule has 8 nitrogen and oxygen atoms in total. The normalized spacial score (nSPS) is 10.7. The Kier molecular flexibility index (Phi) is 9.73. The molecule has 0 fully saturated rings. The molecule has 41 heavy (non-hydrogen) atoms. The smallest absolute Gasteiger partial charge is 0.345 e. The van der Waals surface area contributed by atoms with E-state index in [1.54, 1.807) is 61.5 Å². The Balaban J connectivity index is 1.44. The minimum atomic E-state index is -0.672. The topological polar surface area (TPSA) is 106 Å². The summed E-state index contributed by atoms with van der Waals surface area (Å²) in [5, 5.41) is 7.37. The highest BCUT2D eigenvalue weighted by atomic mass is 35.5. The number of carbonyl (C=O) groups excluding carboxylic acids is 3. The molecule has 2 N–H and O–H groups in total. The summed E-state index contributed by atoms with van der Waals surface area (Å²) in [5.74, 6) is -1.05. The number of anilines is 1. The second kappa shape index (κ2) is 13.6. The minimum absolute atomic E-state index is 0.155. The average molecular weight is 590 g/mol. The van der Waals surface area contributed by atoms with E-state index in [-0.39, 0.29) is 27.8 Å². The molecule has 0 atom stereocenters. The third kappa shape index (κ3) is 7.72. The second-order valence-electron chi connectivity index (χ2n) is 8.72. The number of rotatable bonds is 9. The molecule has 0 aliphatic rings. The van der Waals surface area contributed by atoms with Crippen LogP contribution in [0.4, 0.5) is 5.69 Å². The number of amides is 2. The lowest BCUT2D eigenvalue weighted by Crippen LogP contribution is -2.21. The number of para-hydroxylation sites is 1. The van der Waals surface area contributed by atoms with Crippen LogP contribution in [0.5, 0.6) is 11.5 Å². The lowest BCUT2D eigenvalue weighted by molar-refractivity contribution is 0.0728. The summed E-state index contributed by atoms with van der Waals surface area (Å²) in [6.07, 6.45) is 1.41. The number of hydrogen-bond donors (Lipinski definition) is 2. The zero-order valence-electron chi connectivity index (χ0n) is 22.1. The molecule has 0 aliphatic heterocycles. The molecule has 0 saturated carbocycles. The highest BCUT2D eigenvalue weighted by molar-refractivity contribution is 6.36. The van der Waals surface area contributed by atoms with Crippen molar-refractivity contribution in [3.63, 3.8) is 0 Å². The van der Waals surface area contributed by atoms with Crippen LogP contribution in [-0.4, -0.2) is 30.6 Å². The Bertz CT molecular complexity index is 1620. The van der Waals surface area contributed by atoms with E-state index in [1.165, 1.54) is 24.4 Å². The van der Waals surface area contributed by atoms with Crippen molar-refractivity contribution in [2.75, 3.05) is 11.9 Å². The fraction of sp³-hybridized carbons (Fsp3) is 0.0968. The molecule has 0 saturated heterocycles. The Morgan fingerprint density at radius 3 is 2.34 bits per heavy atom. The molecule has 0 radical (unpaired) electrons. The van der Waals surface area contributed by atoms with Gasteiger partial charge in [0.2, 0.25) is 0 Å². The molecule has 0 aromatic heterocycles. The molecule has 0 spiro atoms. The molecule has 0 bridgehead atoms. The summed E-state index contributed by atoms with van der Waals surface area (Å²) < 4.78 is 11.1. The number of hydrazone groups is 1. The van der Waals surface area contributed by atoms with Gasteiger partial charge in [-0.25, -0.2) is 10.2 Å². The number of benzene rings is 4. The number of esters is 1. The third-order valence-corrected chi connectivity index (χ3v) is 6.28. The quantitative estimate of drug-likeness (QED) is 0.0952.